The quantitative estimate of drug-likeness (QED) is 0.474. The minimum atomic E-state index is 0.387. The summed E-state index contributed by atoms with van der Waals surface area (Å²) in [5, 5.41) is 6.99. The van der Waals surface area contributed by atoms with E-state index in [0.717, 1.165) is 77.8 Å². The van der Waals surface area contributed by atoms with Gasteiger partial charge in [0.25, 0.3) is 0 Å². The van der Waals surface area contributed by atoms with Crippen LogP contribution in [0.5, 0.6) is 0 Å². The van der Waals surface area contributed by atoms with Gasteiger partial charge in [-0.1, -0.05) is 0 Å². The van der Waals surface area contributed by atoms with Gasteiger partial charge >= 0.3 is 0 Å². The highest BCUT2D eigenvalue weighted by Gasteiger charge is 2.20. The van der Waals surface area contributed by atoms with Crippen LogP contribution in [-0.2, 0) is 9.47 Å². The van der Waals surface area contributed by atoms with E-state index in [-0.39, 0.29) is 0 Å². The summed E-state index contributed by atoms with van der Waals surface area (Å²) in [5.41, 5.74) is 0. The van der Waals surface area contributed by atoms with E-state index in [4.69, 9.17) is 9.47 Å². The Kier molecular flexibility index (Phi) is 7.38. The van der Waals surface area contributed by atoms with Crippen LogP contribution < -0.4 is 10.2 Å². The maximum atomic E-state index is 5.92. The van der Waals surface area contributed by atoms with E-state index in [2.05, 4.69) is 37.6 Å². The van der Waals surface area contributed by atoms with Gasteiger partial charge in [-0.05, 0) is 36.8 Å². The normalized spacial score (nSPS) is 20.1. The van der Waals surface area contributed by atoms with Crippen molar-refractivity contribution in [3.8, 4) is 0 Å². The lowest BCUT2D eigenvalue weighted by atomic mass is 10.1. The minimum absolute atomic E-state index is 0.387. The zero-order valence-electron chi connectivity index (χ0n) is 15.2. The van der Waals surface area contributed by atoms with Crippen LogP contribution in [0.25, 0.3) is 0 Å². The lowest BCUT2D eigenvalue weighted by Crippen LogP contribution is -2.52. The first kappa shape index (κ1) is 18.5. The van der Waals surface area contributed by atoms with Gasteiger partial charge in [-0.15, -0.1) is 11.3 Å². The number of thiophene rings is 1. The van der Waals surface area contributed by atoms with Gasteiger partial charge in [-0.3, -0.25) is 4.99 Å². The molecule has 0 saturated carbocycles. The lowest BCUT2D eigenvalue weighted by molar-refractivity contribution is -0.0320. The van der Waals surface area contributed by atoms with Crippen LogP contribution in [0.15, 0.2) is 22.5 Å². The van der Waals surface area contributed by atoms with Crippen molar-refractivity contribution in [2.45, 2.75) is 25.4 Å². The molecule has 2 saturated heterocycles. The number of piperazine rings is 1. The van der Waals surface area contributed by atoms with Crippen LogP contribution in [-0.4, -0.2) is 76.6 Å². The highest BCUT2D eigenvalue weighted by molar-refractivity contribution is 7.14. The third kappa shape index (κ3) is 5.59. The lowest BCUT2D eigenvalue weighted by Gasteiger charge is -2.37. The molecule has 0 radical (unpaired) electrons. The highest BCUT2D eigenvalue weighted by atomic mass is 32.1. The molecule has 0 atom stereocenters. The van der Waals surface area contributed by atoms with Crippen molar-refractivity contribution in [2.24, 2.45) is 4.99 Å². The second kappa shape index (κ2) is 9.99. The SMILES string of the molecule is CN=C(NCCCOC1CCOCC1)N1CCN(c2cccs2)CC1. The largest absolute Gasteiger partial charge is 0.381 e. The van der Waals surface area contributed by atoms with Gasteiger partial charge < -0.3 is 24.6 Å². The molecule has 2 aliphatic heterocycles. The van der Waals surface area contributed by atoms with Crippen molar-refractivity contribution in [2.75, 3.05) is 64.5 Å². The molecule has 6 nitrogen and oxygen atoms in total. The molecule has 0 bridgehead atoms. The fourth-order valence-electron chi connectivity index (χ4n) is 3.29. The number of nitrogens with one attached hydrogen (secondary N) is 1. The third-order valence-electron chi connectivity index (χ3n) is 4.73. The zero-order chi connectivity index (χ0) is 17.3. The van der Waals surface area contributed by atoms with E-state index in [1.165, 1.54) is 5.00 Å². The monoisotopic (exact) mass is 366 g/mol. The summed E-state index contributed by atoms with van der Waals surface area (Å²) in [5.74, 6) is 1.01. The molecule has 1 aromatic rings. The second-order valence-electron chi connectivity index (χ2n) is 6.44. The first-order chi connectivity index (χ1) is 12.4. The standard InChI is InChI=1S/C18H30N4O2S/c1-19-18(20-7-3-12-24-16-5-13-23-14-6-16)22-10-8-21(9-11-22)17-4-2-15-25-17/h2,4,15-16H,3,5-14H2,1H3,(H,19,20). The van der Waals surface area contributed by atoms with Gasteiger partial charge in [0.15, 0.2) is 5.96 Å². The minimum Gasteiger partial charge on any atom is -0.381 e. The number of hydrogen-bond acceptors (Lipinski definition) is 5. The van der Waals surface area contributed by atoms with Crippen LogP contribution in [0.2, 0.25) is 0 Å². The Morgan fingerprint density at radius 1 is 1.32 bits per heavy atom. The zero-order valence-corrected chi connectivity index (χ0v) is 16.0. The van der Waals surface area contributed by atoms with Crippen molar-refractivity contribution in [3.05, 3.63) is 17.5 Å². The molecule has 3 heterocycles. The summed E-state index contributed by atoms with van der Waals surface area (Å²) in [6.07, 6.45) is 3.46. The number of nitrogens with zero attached hydrogens (tertiary/aromatic N) is 3. The number of aliphatic imine (C=N–C) groups is 1. The predicted octanol–water partition coefficient (Wildman–Crippen LogP) is 2.03. The Morgan fingerprint density at radius 2 is 2.12 bits per heavy atom. The predicted molar refractivity (Wildman–Crippen MR) is 104 cm³/mol. The van der Waals surface area contributed by atoms with E-state index >= 15 is 0 Å². The summed E-state index contributed by atoms with van der Waals surface area (Å²) in [4.78, 5) is 9.25. The number of ether oxygens (including phenoxy) is 2. The van der Waals surface area contributed by atoms with Crippen molar-refractivity contribution < 1.29 is 9.47 Å². The number of anilines is 1. The average molecular weight is 367 g/mol. The molecule has 1 N–H and O–H groups in total. The summed E-state index contributed by atoms with van der Waals surface area (Å²) in [6, 6.07) is 4.32. The third-order valence-corrected chi connectivity index (χ3v) is 5.66. The van der Waals surface area contributed by atoms with Crippen LogP contribution in [0.4, 0.5) is 5.00 Å². The van der Waals surface area contributed by atoms with Crippen LogP contribution in [0, 0.1) is 0 Å². The molecule has 3 rings (SSSR count). The highest BCUT2D eigenvalue weighted by Crippen LogP contribution is 2.22. The van der Waals surface area contributed by atoms with Crippen molar-refractivity contribution in [3.63, 3.8) is 0 Å². The Morgan fingerprint density at radius 3 is 2.80 bits per heavy atom. The van der Waals surface area contributed by atoms with Crippen molar-refractivity contribution in [1.82, 2.24) is 10.2 Å². The molecule has 0 unspecified atom stereocenters. The molecule has 7 heteroatoms. The average Bonchev–Trinajstić information content (AvgIpc) is 3.21. The molecule has 2 fully saturated rings. The van der Waals surface area contributed by atoms with Crippen LogP contribution in [0.3, 0.4) is 0 Å². The van der Waals surface area contributed by atoms with Crippen molar-refractivity contribution >= 4 is 22.3 Å². The Labute approximate surface area is 154 Å². The van der Waals surface area contributed by atoms with Crippen LogP contribution in [0.1, 0.15) is 19.3 Å². The summed E-state index contributed by atoms with van der Waals surface area (Å²) < 4.78 is 11.3. The molecule has 0 spiro atoms. The van der Waals surface area contributed by atoms with Gasteiger partial charge in [-0.2, -0.15) is 0 Å². The Balaban J connectivity index is 1.31. The molecule has 0 aliphatic carbocycles. The second-order valence-corrected chi connectivity index (χ2v) is 7.36. The molecule has 0 aromatic carbocycles. The molecular formula is C18H30N4O2S. The Bertz CT molecular complexity index is 509. The molecular weight excluding hydrogens is 336 g/mol. The van der Waals surface area contributed by atoms with Gasteiger partial charge in [0.05, 0.1) is 11.1 Å². The van der Waals surface area contributed by atoms with E-state index in [9.17, 15) is 0 Å². The summed E-state index contributed by atoms with van der Waals surface area (Å²) >= 11 is 1.82. The van der Waals surface area contributed by atoms with Gasteiger partial charge in [-0.25, -0.2) is 0 Å². The summed E-state index contributed by atoms with van der Waals surface area (Å²) in [6.45, 7) is 7.51. The maximum absolute atomic E-state index is 5.92. The molecule has 0 amide bonds. The first-order valence-corrected chi connectivity index (χ1v) is 10.2. The molecule has 2 aliphatic rings. The Hall–Kier alpha value is -1.31. The van der Waals surface area contributed by atoms with Gasteiger partial charge in [0.1, 0.15) is 0 Å². The van der Waals surface area contributed by atoms with E-state index in [1.807, 2.05) is 18.4 Å². The van der Waals surface area contributed by atoms with Crippen LogP contribution >= 0.6 is 11.3 Å². The number of hydrogen-bond donors (Lipinski definition) is 1. The van der Waals surface area contributed by atoms with E-state index < -0.39 is 0 Å². The molecule has 140 valence electrons. The first-order valence-electron chi connectivity index (χ1n) is 9.30. The molecule has 25 heavy (non-hydrogen) atoms. The smallest absolute Gasteiger partial charge is 0.193 e. The van der Waals surface area contributed by atoms with Gasteiger partial charge in [0.2, 0.25) is 0 Å². The van der Waals surface area contributed by atoms with Gasteiger partial charge in [0, 0.05) is 59.6 Å². The fraction of sp³-hybridized carbons (Fsp3) is 0.722. The fourth-order valence-corrected chi connectivity index (χ4v) is 4.07. The topological polar surface area (TPSA) is 49.3 Å². The number of rotatable bonds is 6. The van der Waals surface area contributed by atoms with E-state index in [0.29, 0.717) is 6.10 Å². The summed E-state index contributed by atoms with van der Waals surface area (Å²) in [7, 11) is 1.87. The number of guanidine groups is 1. The molecule has 1 aromatic heterocycles. The van der Waals surface area contributed by atoms with E-state index in [1.54, 1.807) is 0 Å². The maximum Gasteiger partial charge on any atom is 0.193 e. The van der Waals surface area contributed by atoms with Crippen molar-refractivity contribution in [1.29, 1.82) is 0 Å².